The van der Waals surface area contributed by atoms with E-state index < -0.39 is 0 Å². The highest BCUT2D eigenvalue weighted by atomic mass is 14.1. The van der Waals surface area contributed by atoms with Gasteiger partial charge in [-0.25, -0.2) is 0 Å². The molecule has 0 aromatic heterocycles. The van der Waals surface area contributed by atoms with Crippen LogP contribution in [0.4, 0.5) is 0 Å². The Hall–Kier alpha value is -3.12. The van der Waals surface area contributed by atoms with Gasteiger partial charge in [-0.05, 0) is 52.0 Å². The molecule has 0 aliphatic carbocycles. The maximum absolute atomic E-state index is 4.14. The molecule has 0 saturated heterocycles. The lowest BCUT2D eigenvalue weighted by atomic mass is 9.93. The molecule has 0 radical (unpaired) electrons. The minimum atomic E-state index is 0.893. The van der Waals surface area contributed by atoms with E-state index in [1.54, 1.807) is 0 Å². The molecule has 0 heterocycles. The summed E-state index contributed by atoms with van der Waals surface area (Å²) in [4.78, 5) is 0. The van der Waals surface area contributed by atoms with Crippen molar-refractivity contribution in [2.75, 3.05) is 0 Å². The van der Waals surface area contributed by atoms with Crippen LogP contribution in [0.15, 0.2) is 110 Å². The van der Waals surface area contributed by atoms with Crippen LogP contribution in [0, 0.1) is 0 Å². The van der Waals surface area contributed by atoms with E-state index in [0.29, 0.717) is 0 Å². The zero-order valence-electron chi connectivity index (χ0n) is 15.3. The van der Waals surface area contributed by atoms with Crippen LogP contribution >= 0.6 is 0 Å². The average molecular weight is 336 g/mol. The van der Waals surface area contributed by atoms with Crippen molar-refractivity contribution < 1.29 is 0 Å². The van der Waals surface area contributed by atoms with E-state index in [9.17, 15) is 0 Å². The van der Waals surface area contributed by atoms with Gasteiger partial charge in [-0.2, -0.15) is 0 Å². The molecule has 0 heteroatoms. The summed E-state index contributed by atoms with van der Waals surface area (Å²) in [7, 11) is 0. The Labute approximate surface area is 156 Å². The summed E-state index contributed by atoms with van der Waals surface area (Å²) >= 11 is 0. The van der Waals surface area contributed by atoms with Gasteiger partial charge in [-0.15, -0.1) is 0 Å². The summed E-state index contributed by atoms with van der Waals surface area (Å²) in [6.07, 6.45) is 9.12. The second-order valence-corrected chi connectivity index (χ2v) is 6.26. The Bertz CT molecular complexity index is 977. The highest BCUT2D eigenvalue weighted by Crippen LogP contribution is 2.31. The molecule has 0 atom stereocenters. The van der Waals surface area contributed by atoms with Crippen molar-refractivity contribution in [1.29, 1.82) is 0 Å². The normalized spacial score (nSPS) is 11.8. The highest BCUT2D eigenvalue weighted by Gasteiger charge is 2.06. The number of allylic oxidation sites excluding steroid dienone is 6. The third-order valence-corrected chi connectivity index (χ3v) is 4.58. The lowest BCUT2D eigenvalue weighted by Crippen LogP contribution is -1.88. The molecular weight excluding hydrogens is 312 g/mol. The zero-order chi connectivity index (χ0) is 18.4. The summed E-state index contributed by atoms with van der Waals surface area (Å²) in [6, 6.07) is 23.7. The molecule has 0 nitrogen and oxygen atoms in total. The Balaban J connectivity index is 2.00. The summed E-state index contributed by atoms with van der Waals surface area (Å²) in [6.45, 7) is 10.1. The predicted molar refractivity (Wildman–Crippen MR) is 116 cm³/mol. The van der Waals surface area contributed by atoms with Crippen LogP contribution < -0.4 is 0 Å². The van der Waals surface area contributed by atoms with Crippen LogP contribution in [-0.4, -0.2) is 0 Å². The van der Waals surface area contributed by atoms with Crippen LogP contribution in [0.2, 0.25) is 0 Å². The van der Waals surface area contributed by atoms with E-state index in [2.05, 4.69) is 98.1 Å². The third kappa shape index (κ3) is 3.75. The fourth-order valence-corrected chi connectivity index (χ4v) is 3.17. The van der Waals surface area contributed by atoms with E-state index in [0.717, 1.165) is 17.6 Å². The van der Waals surface area contributed by atoms with Crippen molar-refractivity contribution in [2.24, 2.45) is 0 Å². The molecule has 0 bridgehead atoms. The van der Waals surface area contributed by atoms with Crippen molar-refractivity contribution in [3.63, 3.8) is 0 Å². The quantitative estimate of drug-likeness (QED) is 0.321. The van der Waals surface area contributed by atoms with Crippen LogP contribution in [-0.2, 0) is 0 Å². The molecule has 0 fully saturated rings. The van der Waals surface area contributed by atoms with Crippen LogP contribution in [0.5, 0.6) is 0 Å². The first-order valence-corrected chi connectivity index (χ1v) is 8.96. The molecule has 3 aromatic rings. The molecule has 3 aromatic carbocycles. The second-order valence-electron chi connectivity index (χ2n) is 6.26. The fraction of sp³-hybridized carbons (Fsp3) is 0.0769. The predicted octanol–water partition coefficient (Wildman–Crippen LogP) is 7.60. The van der Waals surface area contributed by atoms with Crippen molar-refractivity contribution in [3.05, 3.63) is 115 Å². The molecule has 0 aliphatic heterocycles. The van der Waals surface area contributed by atoms with E-state index in [4.69, 9.17) is 0 Å². The molecule has 3 rings (SSSR count). The molecule has 0 spiro atoms. The van der Waals surface area contributed by atoms with Gasteiger partial charge in [0.25, 0.3) is 0 Å². The van der Waals surface area contributed by atoms with Gasteiger partial charge in [0.2, 0.25) is 0 Å². The highest BCUT2D eigenvalue weighted by molar-refractivity contribution is 5.96. The van der Waals surface area contributed by atoms with Crippen LogP contribution in [0.25, 0.3) is 27.5 Å². The number of fused-ring (bicyclic) bond motifs is 1. The molecule has 0 aliphatic rings. The Morgan fingerprint density at radius 1 is 0.923 bits per heavy atom. The third-order valence-electron chi connectivity index (χ3n) is 4.58. The molecule has 26 heavy (non-hydrogen) atoms. The fourth-order valence-electron chi connectivity index (χ4n) is 3.17. The number of benzene rings is 3. The SMILES string of the molecule is C=CC(=C)/C(=C\C/C=C\C)c1ccc(-c2cccc3ccccc23)cc1. The number of hydrogen-bond donors (Lipinski definition) is 0. The van der Waals surface area contributed by atoms with Crippen molar-refractivity contribution >= 4 is 16.3 Å². The van der Waals surface area contributed by atoms with Crippen molar-refractivity contribution in [2.45, 2.75) is 13.3 Å². The van der Waals surface area contributed by atoms with Gasteiger partial charge in [-0.1, -0.05) is 104 Å². The Morgan fingerprint density at radius 2 is 1.65 bits per heavy atom. The zero-order valence-corrected chi connectivity index (χ0v) is 15.3. The maximum Gasteiger partial charge on any atom is -0.0105 e. The first kappa shape index (κ1) is 17.7. The topological polar surface area (TPSA) is 0 Å². The lowest BCUT2D eigenvalue weighted by Gasteiger charge is -2.11. The lowest BCUT2D eigenvalue weighted by molar-refractivity contribution is 1.37. The largest absolute Gasteiger partial charge is 0.0985 e. The average Bonchev–Trinajstić information content (AvgIpc) is 2.70. The van der Waals surface area contributed by atoms with Crippen LogP contribution in [0.1, 0.15) is 18.9 Å². The molecule has 0 saturated carbocycles. The van der Waals surface area contributed by atoms with Gasteiger partial charge in [-0.3, -0.25) is 0 Å². The van der Waals surface area contributed by atoms with Crippen molar-refractivity contribution in [3.8, 4) is 11.1 Å². The number of hydrogen-bond acceptors (Lipinski definition) is 0. The van der Waals surface area contributed by atoms with E-state index in [1.807, 2.05) is 13.0 Å². The standard InChI is InChI=1S/C26H24/c1-4-6-7-13-24(20(3)5-2)22-16-18-23(19-17-22)26-15-10-12-21-11-8-9-14-25(21)26/h4-6,8-19H,2-3,7H2,1H3/b6-4-,24-13+. The summed E-state index contributed by atoms with van der Waals surface area (Å²) in [5.41, 5.74) is 5.75. The van der Waals surface area contributed by atoms with E-state index >= 15 is 0 Å². The second kappa shape index (κ2) is 8.31. The van der Waals surface area contributed by atoms with Gasteiger partial charge in [0.1, 0.15) is 0 Å². The summed E-state index contributed by atoms with van der Waals surface area (Å²) in [5.74, 6) is 0. The number of rotatable bonds is 6. The summed E-state index contributed by atoms with van der Waals surface area (Å²) < 4.78 is 0. The monoisotopic (exact) mass is 336 g/mol. The van der Waals surface area contributed by atoms with Gasteiger partial charge >= 0.3 is 0 Å². The van der Waals surface area contributed by atoms with E-state index in [1.165, 1.54) is 27.5 Å². The molecule has 0 N–H and O–H groups in total. The van der Waals surface area contributed by atoms with Gasteiger partial charge in [0.05, 0.1) is 0 Å². The smallest absolute Gasteiger partial charge is 0.0105 e. The minimum absolute atomic E-state index is 0.893. The maximum atomic E-state index is 4.14. The molecule has 0 amide bonds. The van der Waals surface area contributed by atoms with E-state index in [-0.39, 0.29) is 0 Å². The Kier molecular flexibility index (Phi) is 5.66. The van der Waals surface area contributed by atoms with Gasteiger partial charge < -0.3 is 0 Å². The van der Waals surface area contributed by atoms with Gasteiger partial charge in [0.15, 0.2) is 0 Å². The van der Waals surface area contributed by atoms with Gasteiger partial charge in [0, 0.05) is 0 Å². The summed E-state index contributed by atoms with van der Waals surface area (Å²) in [5, 5.41) is 2.54. The van der Waals surface area contributed by atoms with Crippen molar-refractivity contribution in [1.82, 2.24) is 0 Å². The molecular formula is C26H24. The minimum Gasteiger partial charge on any atom is -0.0985 e. The molecule has 0 unspecified atom stereocenters. The van der Waals surface area contributed by atoms with Crippen LogP contribution in [0.3, 0.4) is 0 Å². The Morgan fingerprint density at radius 3 is 2.38 bits per heavy atom. The molecule has 128 valence electrons. The first-order chi connectivity index (χ1) is 12.7. The first-order valence-electron chi connectivity index (χ1n) is 8.96.